The number of halogens is 1. The summed E-state index contributed by atoms with van der Waals surface area (Å²) in [5.41, 5.74) is 6.51. The largest absolute Gasteiger partial charge is 0.279 e. The molecule has 1 aromatic carbocycles. The zero-order valence-electron chi connectivity index (χ0n) is 14.3. The number of thiophene rings is 1. The molecule has 1 aliphatic rings. The topological polar surface area (TPSA) is 90.9 Å². The highest BCUT2D eigenvalue weighted by molar-refractivity contribution is 9.11. The molecule has 7 nitrogen and oxygen atoms in total. The molecule has 0 unspecified atom stereocenters. The highest BCUT2D eigenvalue weighted by Gasteiger charge is 2.22. The van der Waals surface area contributed by atoms with Crippen LogP contribution < -0.4 is 10.9 Å². The maximum atomic E-state index is 12.2. The average molecular weight is 449 g/mol. The second kappa shape index (κ2) is 8.92. The van der Waals surface area contributed by atoms with Crippen LogP contribution in [0.4, 0.5) is 0 Å². The molecular formula is C18H17BrN4O3S. The Morgan fingerprint density at radius 1 is 1.07 bits per heavy atom. The Morgan fingerprint density at radius 2 is 1.85 bits per heavy atom. The summed E-state index contributed by atoms with van der Waals surface area (Å²) in [6, 6.07) is 13.1. The summed E-state index contributed by atoms with van der Waals surface area (Å²) in [5, 5.41) is 5.75. The number of amides is 3. The predicted molar refractivity (Wildman–Crippen MR) is 106 cm³/mol. The monoisotopic (exact) mass is 448 g/mol. The van der Waals surface area contributed by atoms with Gasteiger partial charge < -0.3 is 0 Å². The van der Waals surface area contributed by atoms with E-state index in [1.807, 2.05) is 30.3 Å². The molecule has 0 bridgehead atoms. The Kier molecular flexibility index (Phi) is 6.36. The number of hydrazine groups is 1. The molecule has 9 heteroatoms. The summed E-state index contributed by atoms with van der Waals surface area (Å²) < 4.78 is 0.825. The molecule has 0 fully saturated rings. The molecule has 0 spiro atoms. The van der Waals surface area contributed by atoms with Crippen LogP contribution in [0.1, 0.15) is 34.5 Å². The molecule has 0 radical (unpaired) electrons. The quantitative estimate of drug-likeness (QED) is 0.688. The molecule has 0 atom stereocenters. The standard InChI is InChI=1S/C18H17BrN4O3S/c19-15-7-6-14(27-15)18(26)21-20-16(24)8-9-17(25)23-11-10-13(22-23)12-4-2-1-3-5-12/h1-7H,8-11H2,(H,20,24)(H,21,26). The van der Waals surface area contributed by atoms with Crippen LogP contribution in [-0.4, -0.2) is 35.0 Å². The third-order valence-corrected chi connectivity index (χ3v) is 5.50. The van der Waals surface area contributed by atoms with E-state index in [4.69, 9.17) is 0 Å². The number of rotatable bonds is 5. The Balaban J connectivity index is 1.43. The summed E-state index contributed by atoms with van der Waals surface area (Å²) in [5.74, 6) is -1.05. The van der Waals surface area contributed by atoms with E-state index >= 15 is 0 Å². The minimum Gasteiger partial charge on any atom is -0.273 e. The van der Waals surface area contributed by atoms with Gasteiger partial charge in [0.1, 0.15) is 0 Å². The van der Waals surface area contributed by atoms with E-state index in [2.05, 4.69) is 31.9 Å². The van der Waals surface area contributed by atoms with Crippen LogP contribution in [0.2, 0.25) is 0 Å². The number of hydrogen-bond donors (Lipinski definition) is 2. The molecule has 2 aromatic rings. The molecular weight excluding hydrogens is 432 g/mol. The van der Waals surface area contributed by atoms with Crippen molar-refractivity contribution < 1.29 is 14.4 Å². The van der Waals surface area contributed by atoms with Crippen molar-refractivity contribution in [2.45, 2.75) is 19.3 Å². The zero-order valence-corrected chi connectivity index (χ0v) is 16.7. The molecule has 0 aliphatic carbocycles. The number of hydrogen-bond acceptors (Lipinski definition) is 5. The Hall–Kier alpha value is -2.52. The van der Waals surface area contributed by atoms with E-state index in [-0.39, 0.29) is 18.7 Å². The van der Waals surface area contributed by atoms with Crippen molar-refractivity contribution >= 4 is 50.7 Å². The van der Waals surface area contributed by atoms with Crippen LogP contribution in [0.5, 0.6) is 0 Å². The zero-order chi connectivity index (χ0) is 19.2. The van der Waals surface area contributed by atoms with Crippen molar-refractivity contribution in [2.24, 2.45) is 5.10 Å². The third-order valence-electron chi connectivity index (χ3n) is 3.88. The SMILES string of the molecule is O=C(CCC(=O)N1CCC(c2ccccc2)=N1)NNC(=O)c1ccc(Br)s1. The number of hydrazone groups is 1. The highest BCUT2D eigenvalue weighted by Crippen LogP contribution is 2.21. The van der Waals surface area contributed by atoms with Crippen LogP contribution in [0.15, 0.2) is 51.4 Å². The van der Waals surface area contributed by atoms with Crippen molar-refractivity contribution in [3.05, 3.63) is 56.7 Å². The molecule has 0 saturated carbocycles. The minimum absolute atomic E-state index is 0.0256. The van der Waals surface area contributed by atoms with Gasteiger partial charge in [0, 0.05) is 19.3 Å². The Bertz CT molecular complexity index is 882. The molecule has 0 saturated heterocycles. The molecule has 27 heavy (non-hydrogen) atoms. The van der Waals surface area contributed by atoms with E-state index < -0.39 is 11.8 Å². The van der Waals surface area contributed by atoms with Crippen LogP contribution in [0.25, 0.3) is 0 Å². The van der Waals surface area contributed by atoms with Gasteiger partial charge in [0.2, 0.25) is 11.8 Å². The third kappa shape index (κ3) is 5.24. The van der Waals surface area contributed by atoms with Gasteiger partial charge in [-0.15, -0.1) is 11.3 Å². The molecule has 2 heterocycles. The van der Waals surface area contributed by atoms with Crippen molar-refractivity contribution in [3.8, 4) is 0 Å². The molecule has 1 aliphatic heterocycles. The summed E-state index contributed by atoms with van der Waals surface area (Å²) in [7, 11) is 0. The van der Waals surface area contributed by atoms with E-state index in [0.717, 1.165) is 15.1 Å². The van der Waals surface area contributed by atoms with Crippen molar-refractivity contribution in [1.82, 2.24) is 15.9 Å². The van der Waals surface area contributed by atoms with E-state index in [0.29, 0.717) is 17.8 Å². The van der Waals surface area contributed by atoms with Crippen molar-refractivity contribution in [2.75, 3.05) is 6.54 Å². The summed E-state index contributed by atoms with van der Waals surface area (Å²) >= 11 is 4.53. The number of nitrogens with zero attached hydrogens (tertiary/aromatic N) is 2. The van der Waals surface area contributed by atoms with Gasteiger partial charge in [-0.1, -0.05) is 30.3 Å². The molecule has 2 N–H and O–H groups in total. The normalized spacial score (nSPS) is 13.2. The number of carbonyl (C=O) groups excluding carboxylic acids is 3. The maximum absolute atomic E-state index is 12.2. The molecule has 3 amide bonds. The fraction of sp³-hybridized carbons (Fsp3) is 0.222. The smallest absolute Gasteiger partial charge is 0.273 e. The molecule has 3 rings (SSSR count). The van der Waals surface area contributed by atoms with Crippen LogP contribution in [0, 0.1) is 0 Å². The van der Waals surface area contributed by atoms with E-state index in [9.17, 15) is 14.4 Å². The lowest BCUT2D eigenvalue weighted by Crippen LogP contribution is -2.41. The van der Waals surface area contributed by atoms with E-state index in [1.54, 1.807) is 12.1 Å². The maximum Gasteiger partial charge on any atom is 0.279 e. The van der Waals surface area contributed by atoms with Gasteiger partial charge in [0.05, 0.1) is 20.9 Å². The average Bonchev–Trinajstić information content (AvgIpc) is 3.34. The predicted octanol–water partition coefficient (Wildman–Crippen LogP) is 2.69. The lowest BCUT2D eigenvalue weighted by molar-refractivity contribution is -0.133. The fourth-order valence-electron chi connectivity index (χ4n) is 2.51. The van der Waals surface area contributed by atoms with Gasteiger partial charge >= 0.3 is 0 Å². The first-order chi connectivity index (χ1) is 13.0. The van der Waals surface area contributed by atoms with Gasteiger partial charge in [-0.3, -0.25) is 25.2 Å². The van der Waals surface area contributed by atoms with E-state index in [1.165, 1.54) is 16.3 Å². The van der Waals surface area contributed by atoms with Gasteiger partial charge in [-0.05, 0) is 33.6 Å². The summed E-state index contributed by atoms with van der Waals surface area (Å²) in [4.78, 5) is 36.4. The Labute approximate surface area is 168 Å². The lowest BCUT2D eigenvalue weighted by Gasteiger charge is -2.11. The number of carbonyl (C=O) groups is 3. The van der Waals surface area contributed by atoms with Crippen LogP contribution in [0.3, 0.4) is 0 Å². The Morgan fingerprint density at radius 3 is 2.56 bits per heavy atom. The van der Waals surface area contributed by atoms with Gasteiger partial charge in [-0.25, -0.2) is 5.01 Å². The van der Waals surface area contributed by atoms with Gasteiger partial charge in [0.25, 0.3) is 5.91 Å². The number of nitrogens with one attached hydrogen (secondary N) is 2. The van der Waals surface area contributed by atoms with Crippen molar-refractivity contribution in [1.29, 1.82) is 0 Å². The summed E-state index contributed by atoms with van der Waals surface area (Å²) in [6.07, 6.45) is 0.687. The first kappa shape index (κ1) is 19.2. The minimum atomic E-state index is -0.432. The van der Waals surface area contributed by atoms with Gasteiger partial charge in [-0.2, -0.15) is 5.10 Å². The second-order valence-corrected chi connectivity index (χ2v) is 8.25. The van der Waals surface area contributed by atoms with Gasteiger partial charge in [0.15, 0.2) is 0 Å². The lowest BCUT2D eigenvalue weighted by atomic mass is 10.1. The molecule has 1 aromatic heterocycles. The highest BCUT2D eigenvalue weighted by atomic mass is 79.9. The first-order valence-electron chi connectivity index (χ1n) is 8.31. The van der Waals surface area contributed by atoms with Crippen LogP contribution >= 0.6 is 27.3 Å². The molecule has 140 valence electrons. The van der Waals surface area contributed by atoms with Crippen molar-refractivity contribution in [3.63, 3.8) is 0 Å². The summed E-state index contributed by atoms with van der Waals surface area (Å²) in [6.45, 7) is 0.509. The first-order valence-corrected chi connectivity index (χ1v) is 9.91. The second-order valence-electron chi connectivity index (χ2n) is 5.79. The fourth-order valence-corrected chi connectivity index (χ4v) is 3.79. The van der Waals surface area contributed by atoms with Crippen LogP contribution in [-0.2, 0) is 9.59 Å². The number of benzene rings is 1.